The van der Waals surface area contributed by atoms with Gasteiger partial charge in [0, 0.05) is 12.0 Å². The summed E-state index contributed by atoms with van der Waals surface area (Å²) in [6.07, 6.45) is 0.611. The van der Waals surface area contributed by atoms with Crippen LogP contribution in [0.3, 0.4) is 0 Å². The summed E-state index contributed by atoms with van der Waals surface area (Å²) in [4.78, 5) is 40.8. The number of ketones is 2. The molecule has 0 amide bonds. The molecule has 8 heteroatoms. The molecule has 0 fully saturated rings. The number of carboxylic acid groups (broad SMARTS) is 1. The van der Waals surface area contributed by atoms with Crippen molar-refractivity contribution in [2.24, 2.45) is 4.99 Å². The third kappa shape index (κ3) is 5.35. The highest BCUT2D eigenvalue weighted by atomic mass is 32.1. The van der Waals surface area contributed by atoms with Crippen LogP contribution in [-0.2, 0) is 29.2 Å². The van der Waals surface area contributed by atoms with Gasteiger partial charge in [0.1, 0.15) is 10.8 Å². The largest absolute Gasteiger partial charge is 0.478 e. The summed E-state index contributed by atoms with van der Waals surface area (Å²) < 4.78 is 19.2. The van der Waals surface area contributed by atoms with Crippen molar-refractivity contribution in [3.63, 3.8) is 0 Å². The molecule has 2 aromatic carbocycles. The number of fused-ring (bicyclic) bond motifs is 1. The van der Waals surface area contributed by atoms with Gasteiger partial charge in [-0.1, -0.05) is 24.3 Å². The Balaban J connectivity index is 1.37. The second kappa shape index (κ2) is 10.2. The molecule has 0 spiro atoms. The number of carbonyl (C=O) groups excluding carboxylic acids is 2. The van der Waals surface area contributed by atoms with Gasteiger partial charge >= 0.3 is 5.97 Å². The van der Waals surface area contributed by atoms with Crippen LogP contribution >= 0.6 is 11.3 Å². The van der Waals surface area contributed by atoms with Gasteiger partial charge in [0.15, 0.2) is 11.6 Å². The Morgan fingerprint density at radius 3 is 2.56 bits per heavy atom. The number of aliphatic imine (C=N–C) groups is 1. The summed E-state index contributed by atoms with van der Waals surface area (Å²) in [5.74, 6) is -1.60. The monoisotopic (exact) mass is 479 g/mol. The van der Waals surface area contributed by atoms with Crippen LogP contribution in [0.5, 0.6) is 0 Å². The summed E-state index contributed by atoms with van der Waals surface area (Å²) in [5, 5.41) is 11.3. The van der Waals surface area contributed by atoms with E-state index in [9.17, 15) is 18.8 Å². The molecule has 0 saturated carbocycles. The van der Waals surface area contributed by atoms with E-state index in [-0.39, 0.29) is 54.7 Å². The lowest BCUT2D eigenvalue weighted by molar-refractivity contribution is -0.113. The van der Waals surface area contributed by atoms with Crippen molar-refractivity contribution >= 4 is 39.6 Å². The van der Waals surface area contributed by atoms with E-state index < -0.39 is 5.97 Å². The highest BCUT2D eigenvalue weighted by Gasteiger charge is 2.28. The standard InChI is InChI=1S/C26H22FNO5S/c1-15-10-16(4-8-20(15)27)5-9-22(29)21-11-23(30)24-19(14-34-25(24)28-21)13-33-12-17-2-6-18(7-3-17)26(31)32/h2-4,6-8,10,14H,5,9,11-13H2,1H3,(H,31,32). The van der Waals surface area contributed by atoms with E-state index in [1.165, 1.54) is 29.5 Å². The van der Waals surface area contributed by atoms with Gasteiger partial charge in [-0.3, -0.25) is 9.59 Å². The normalized spacial score (nSPS) is 12.9. The maximum Gasteiger partial charge on any atom is 0.335 e. The molecule has 0 radical (unpaired) electrons. The Bertz CT molecular complexity index is 1290. The number of rotatable bonds is 9. The number of nitrogens with zero attached hydrogens (tertiary/aromatic N) is 1. The quantitative estimate of drug-likeness (QED) is 0.439. The van der Waals surface area contributed by atoms with E-state index >= 15 is 0 Å². The Morgan fingerprint density at radius 2 is 1.85 bits per heavy atom. The SMILES string of the molecule is Cc1cc(CCC(=O)C2=Nc3scc(COCc4ccc(C(=O)O)cc4)c3C(=O)C2)ccc1F. The van der Waals surface area contributed by atoms with Crippen molar-refractivity contribution < 1.29 is 28.6 Å². The molecular formula is C26H22FNO5S. The zero-order chi connectivity index (χ0) is 24.2. The molecule has 6 nitrogen and oxygen atoms in total. The number of benzene rings is 2. The van der Waals surface area contributed by atoms with E-state index in [1.807, 2.05) is 5.38 Å². The average molecular weight is 480 g/mol. The number of ether oxygens (including phenoxy) is 1. The number of thiophene rings is 1. The smallest absolute Gasteiger partial charge is 0.335 e. The van der Waals surface area contributed by atoms with Crippen LogP contribution in [0.2, 0.25) is 0 Å². The molecule has 1 aliphatic heterocycles. The molecule has 3 aromatic rings. The van der Waals surface area contributed by atoms with Crippen LogP contribution in [0.1, 0.15) is 55.8 Å². The topological polar surface area (TPSA) is 93.0 Å². The van der Waals surface area contributed by atoms with Crippen LogP contribution in [-0.4, -0.2) is 28.4 Å². The van der Waals surface area contributed by atoms with E-state index in [0.717, 1.165) is 16.7 Å². The number of Topliss-reactive ketones (excluding diaryl/α,β-unsaturated/α-hetero) is 2. The van der Waals surface area contributed by atoms with Crippen molar-refractivity contribution in [2.45, 2.75) is 39.4 Å². The molecule has 0 bridgehead atoms. The third-order valence-corrected chi connectivity index (χ3v) is 6.52. The molecule has 0 aliphatic carbocycles. The molecule has 1 N–H and O–H groups in total. The number of halogens is 1. The van der Waals surface area contributed by atoms with E-state index in [4.69, 9.17) is 9.84 Å². The van der Waals surface area contributed by atoms with Crippen LogP contribution < -0.4 is 0 Å². The van der Waals surface area contributed by atoms with Crippen LogP contribution in [0.25, 0.3) is 0 Å². The van der Waals surface area contributed by atoms with Crippen LogP contribution in [0.15, 0.2) is 52.8 Å². The highest BCUT2D eigenvalue weighted by Crippen LogP contribution is 2.36. The summed E-state index contributed by atoms with van der Waals surface area (Å²) in [6, 6.07) is 11.2. The van der Waals surface area contributed by atoms with Crippen molar-refractivity contribution in [3.8, 4) is 0 Å². The molecule has 4 rings (SSSR count). The van der Waals surface area contributed by atoms with Crippen LogP contribution in [0.4, 0.5) is 9.39 Å². The molecule has 2 heterocycles. The molecule has 1 aliphatic rings. The molecule has 34 heavy (non-hydrogen) atoms. The fourth-order valence-electron chi connectivity index (χ4n) is 3.72. The molecular weight excluding hydrogens is 457 g/mol. The van der Waals surface area contributed by atoms with Crippen molar-refractivity contribution in [3.05, 3.63) is 87.0 Å². The van der Waals surface area contributed by atoms with E-state index in [2.05, 4.69) is 4.99 Å². The number of hydrogen-bond acceptors (Lipinski definition) is 6. The van der Waals surface area contributed by atoms with Crippen molar-refractivity contribution in [2.75, 3.05) is 0 Å². The summed E-state index contributed by atoms with van der Waals surface area (Å²) in [6.45, 7) is 2.16. The Kier molecular flexibility index (Phi) is 7.09. The number of carboxylic acids is 1. The number of aryl methyl sites for hydroxylation is 2. The lowest BCUT2D eigenvalue weighted by Crippen LogP contribution is -2.22. The van der Waals surface area contributed by atoms with E-state index in [0.29, 0.717) is 22.5 Å². The average Bonchev–Trinajstić information content (AvgIpc) is 3.23. The van der Waals surface area contributed by atoms with E-state index in [1.54, 1.807) is 31.2 Å². The lowest BCUT2D eigenvalue weighted by atomic mass is 9.96. The minimum Gasteiger partial charge on any atom is -0.478 e. The zero-order valence-electron chi connectivity index (χ0n) is 18.5. The first-order chi connectivity index (χ1) is 16.3. The van der Waals surface area contributed by atoms with Gasteiger partial charge in [0.25, 0.3) is 0 Å². The molecule has 0 unspecified atom stereocenters. The van der Waals surface area contributed by atoms with Gasteiger partial charge in [-0.15, -0.1) is 11.3 Å². The summed E-state index contributed by atoms with van der Waals surface area (Å²) in [5.41, 5.74) is 3.90. The second-order valence-electron chi connectivity index (χ2n) is 8.10. The first kappa shape index (κ1) is 23.7. The first-order valence-corrected chi connectivity index (χ1v) is 11.6. The number of aromatic carboxylic acids is 1. The van der Waals surface area contributed by atoms with Gasteiger partial charge in [-0.2, -0.15) is 0 Å². The zero-order valence-corrected chi connectivity index (χ0v) is 19.3. The molecule has 1 aromatic heterocycles. The van der Waals surface area contributed by atoms with Crippen LogP contribution in [0, 0.1) is 12.7 Å². The highest BCUT2D eigenvalue weighted by molar-refractivity contribution is 7.14. The minimum absolute atomic E-state index is 0.0470. The number of carbonyl (C=O) groups is 3. The minimum atomic E-state index is -0.986. The third-order valence-electron chi connectivity index (χ3n) is 5.60. The predicted octanol–water partition coefficient (Wildman–Crippen LogP) is 5.47. The van der Waals surface area contributed by atoms with Gasteiger partial charge in [0.2, 0.25) is 0 Å². The maximum absolute atomic E-state index is 13.4. The molecule has 0 atom stereocenters. The predicted molar refractivity (Wildman–Crippen MR) is 127 cm³/mol. The Hall–Kier alpha value is -3.49. The van der Waals surface area contributed by atoms with Gasteiger partial charge in [-0.05, 0) is 53.6 Å². The second-order valence-corrected chi connectivity index (χ2v) is 8.96. The first-order valence-electron chi connectivity index (χ1n) is 10.7. The van der Waals surface area contributed by atoms with Gasteiger partial charge in [0.05, 0.1) is 36.5 Å². The summed E-state index contributed by atoms with van der Waals surface area (Å²) >= 11 is 1.30. The molecule has 0 saturated heterocycles. The fraction of sp³-hybridized carbons (Fsp3) is 0.231. The lowest BCUT2D eigenvalue weighted by Gasteiger charge is -2.13. The van der Waals surface area contributed by atoms with Gasteiger partial charge < -0.3 is 9.84 Å². The fourth-order valence-corrected chi connectivity index (χ4v) is 4.68. The number of hydrogen-bond donors (Lipinski definition) is 1. The maximum atomic E-state index is 13.4. The Morgan fingerprint density at radius 1 is 1.12 bits per heavy atom. The van der Waals surface area contributed by atoms with Gasteiger partial charge in [-0.25, -0.2) is 14.2 Å². The summed E-state index contributed by atoms with van der Waals surface area (Å²) in [7, 11) is 0. The van der Waals surface area contributed by atoms with Crippen molar-refractivity contribution in [1.29, 1.82) is 0 Å². The molecule has 174 valence electrons. The Labute approximate surface area is 199 Å². The van der Waals surface area contributed by atoms with Crippen molar-refractivity contribution in [1.82, 2.24) is 0 Å².